The van der Waals surface area contributed by atoms with Crippen LogP contribution < -0.4 is 16.0 Å². The summed E-state index contributed by atoms with van der Waals surface area (Å²) in [4.78, 5) is 16.0. The molecule has 2 fully saturated rings. The Morgan fingerprint density at radius 3 is 2.85 bits per heavy atom. The number of H-pyrrole nitrogens is 1. The molecule has 0 bridgehead atoms. The number of hydrogen-bond donors (Lipinski definition) is 4. The minimum absolute atomic E-state index is 0.0705. The van der Waals surface area contributed by atoms with Crippen LogP contribution in [0.1, 0.15) is 43.5 Å². The van der Waals surface area contributed by atoms with Crippen molar-refractivity contribution in [2.75, 3.05) is 31.6 Å². The molecule has 2 aliphatic rings. The van der Waals surface area contributed by atoms with Crippen LogP contribution in [0.2, 0.25) is 0 Å². The van der Waals surface area contributed by atoms with Crippen LogP contribution in [0.5, 0.6) is 0 Å². The summed E-state index contributed by atoms with van der Waals surface area (Å²) in [5.74, 6) is 0.183. The lowest BCUT2D eigenvalue weighted by Gasteiger charge is -2.31. The van der Waals surface area contributed by atoms with Crippen molar-refractivity contribution >= 4 is 17.0 Å². The molecule has 0 radical (unpaired) electrons. The van der Waals surface area contributed by atoms with Gasteiger partial charge in [0.15, 0.2) is 0 Å². The highest BCUT2D eigenvalue weighted by molar-refractivity contribution is 5.93. The maximum atomic E-state index is 13.9. The highest BCUT2D eigenvalue weighted by Gasteiger charge is 2.36. The number of halogens is 3. The maximum absolute atomic E-state index is 13.9. The number of fused-ring (bicyclic) bond motifs is 1. The SMILES string of the molecule is CCC1NCCOC1c1ccc2c(-c3nc(NC4CCCNC4)ncc3C(F)(F)F)c[nH]c2n1. The zero-order valence-electron chi connectivity index (χ0n) is 18.9. The summed E-state index contributed by atoms with van der Waals surface area (Å²) >= 11 is 0. The molecule has 0 saturated carbocycles. The molecule has 5 rings (SSSR count). The quantitative estimate of drug-likeness (QED) is 0.447. The number of morpholine rings is 1. The number of anilines is 1. The van der Waals surface area contributed by atoms with Gasteiger partial charge < -0.3 is 25.7 Å². The summed E-state index contributed by atoms with van der Waals surface area (Å²) in [6.45, 7) is 5.09. The molecule has 3 aromatic rings. The van der Waals surface area contributed by atoms with Gasteiger partial charge in [-0.05, 0) is 37.9 Å². The second kappa shape index (κ2) is 9.47. The third kappa shape index (κ3) is 4.59. The van der Waals surface area contributed by atoms with Gasteiger partial charge in [0, 0.05) is 48.5 Å². The van der Waals surface area contributed by atoms with Crippen molar-refractivity contribution in [3.8, 4) is 11.3 Å². The molecule has 34 heavy (non-hydrogen) atoms. The van der Waals surface area contributed by atoms with E-state index in [1.54, 1.807) is 6.07 Å². The van der Waals surface area contributed by atoms with Gasteiger partial charge in [0.2, 0.25) is 5.95 Å². The van der Waals surface area contributed by atoms with E-state index in [9.17, 15) is 13.2 Å². The van der Waals surface area contributed by atoms with E-state index in [-0.39, 0.29) is 29.8 Å². The average molecular weight is 476 g/mol. The van der Waals surface area contributed by atoms with E-state index in [2.05, 4.69) is 42.8 Å². The summed E-state index contributed by atoms with van der Waals surface area (Å²) < 4.78 is 47.5. The predicted octanol–water partition coefficient (Wildman–Crippen LogP) is 3.64. The summed E-state index contributed by atoms with van der Waals surface area (Å²) in [6.07, 6.45) is 0.358. The first-order valence-electron chi connectivity index (χ1n) is 11.7. The molecule has 5 heterocycles. The largest absolute Gasteiger partial charge is 0.419 e. The number of pyridine rings is 1. The number of nitrogens with zero attached hydrogens (tertiary/aromatic N) is 3. The van der Waals surface area contributed by atoms with Crippen molar-refractivity contribution in [3.05, 3.63) is 35.8 Å². The Kier molecular flexibility index (Phi) is 6.41. The molecule has 182 valence electrons. The Hall–Kier alpha value is -2.76. The van der Waals surface area contributed by atoms with Gasteiger partial charge in [-0.2, -0.15) is 13.2 Å². The molecule has 3 unspecified atom stereocenters. The standard InChI is InChI=1S/C23H28F3N7O/c1-2-17-20(34-9-8-28-17)18-6-5-14-15(11-29-21(14)32-18)19-16(23(24,25)26)12-30-22(33-19)31-13-4-3-7-27-10-13/h5-6,11-13,17,20,27-28H,2-4,7-10H2,1H3,(H,29,32)(H,30,31,33). The van der Waals surface area contributed by atoms with Gasteiger partial charge in [-0.1, -0.05) is 6.92 Å². The van der Waals surface area contributed by atoms with Gasteiger partial charge in [0.05, 0.1) is 18.0 Å². The third-order valence-electron chi connectivity index (χ3n) is 6.44. The Bertz CT molecular complexity index is 1140. The molecule has 0 aliphatic carbocycles. The monoisotopic (exact) mass is 475 g/mol. The molecule has 4 N–H and O–H groups in total. The number of nitrogens with one attached hydrogen (secondary N) is 4. The molecule has 0 spiro atoms. The number of ether oxygens (including phenoxy) is 1. The van der Waals surface area contributed by atoms with Gasteiger partial charge >= 0.3 is 6.18 Å². The average Bonchev–Trinajstić information content (AvgIpc) is 3.27. The summed E-state index contributed by atoms with van der Waals surface area (Å²) in [5, 5.41) is 10.4. The molecular weight excluding hydrogens is 447 g/mol. The van der Waals surface area contributed by atoms with Crippen LogP contribution in [0.25, 0.3) is 22.3 Å². The molecule has 0 amide bonds. The molecule has 2 saturated heterocycles. The smallest absolute Gasteiger partial charge is 0.369 e. The van der Waals surface area contributed by atoms with Gasteiger partial charge in [-0.3, -0.25) is 0 Å². The lowest BCUT2D eigenvalue weighted by atomic mass is 10.0. The van der Waals surface area contributed by atoms with Gasteiger partial charge in [-0.15, -0.1) is 0 Å². The fourth-order valence-corrected chi connectivity index (χ4v) is 4.70. The van der Waals surface area contributed by atoms with Gasteiger partial charge in [0.1, 0.15) is 17.3 Å². The Labute approximate surface area is 195 Å². The number of rotatable bonds is 5. The second-order valence-corrected chi connectivity index (χ2v) is 8.74. The van der Waals surface area contributed by atoms with Crippen LogP contribution in [0, 0.1) is 0 Å². The number of aromatic nitrogens is 4. The van der Waals surface area contributed by atoms with E-state index >= 15 is 0 Å². The number of piperidine rings is 1. The number of hydrogen-bond acceptors (Lipinski definition) is 7. The normalized spacial score (nSPS) is 23.8. The van der Waals surface area contributed by atoms with Crippen LogP contribution in [0.15, 0.2) is 24.5 Å². The van der Waals surface area contributed by atoms with Crippen LogP contribution in [-0.2, 0) is 10.9 Å². The van der Waals surface area contributed by atoms with Crippen LogP contribution in [0.4, 0.5) is 19.1 Å². The van der Waals surface area contributed by atoms with Crippen LogP contribution >= 0.6 is 0 Å². The molecule has 3 atom stereocenters. The highest BCUT2D eigenvalue weighted by atomic mass is 19.4. The highest BCUT2D eigenvalue weighted by Crippen LogP contribution is 2.39. The van der Waals surface area contributed by atoms with Crippen LogP contribution in [-0.4, -0.2) is 58.3 Å². The van der Waals surface area contributed by atoms with E-state index in [0.717, 1.165) is 50.8 Å². The Balaban J connectivity index is 1.51. The minimum atomic E-state index is -4.59. The Morgan fingerprint density at radius 2 is 2.09 bits per heavy atom. The summed E-state index contributed by atoms with van der Waals surface area (Å²) in [5.41, 5.74) is 0.524. The van der Waals surface area contributed by atoms with Crippen molar-refractivity contribution in [3.63, 3.8) is 0 Å². The van der Waals surface area contributed by atoms with Crippen molar-refractivity contribution in [2.24, 2.45) is 0 Å². The van der Waals surface area contributed by atoms with E-state index in [4.69, 9.17) is 4.74 Å². The third-order valence-corrected chi connectivity index (χ3v) is 6.44. The van der Waals surface area contributed by atoms with E-state index in [0.29, 0.717) is 23.2 Å². The zero-order chi connectivity index (χ0) is 23.7. The first-order valence-corrected chi connectivity index (χ1v) is 11.7. The van der Waals surface area contributed by atoms with Crippen molar-refractivity contribution in [1.29, 1.82) is 0 Å². The van der Waals surface area contributed by atoms with Gasteiger partial charge in [0.25, 0.3) is 0 Å². The lowest BCUT2D eigenvalue weighted by Crippen LogP contribution is -2.43. The van der Waals surface area contributed by atoms with Crippen molar-refractivity contribution in [1.82, 2.24) is 30.6 Å². The number of aromatic amines is 1. The molecule has 0 aromatic carbocycles. The molecule has 11 heteroatoms. The second-order valence-electron chi connectivity index (χ2n) is 8.74. The van der Waals surface area contributed by atoms with Crippen LogP contribution in [0.3, 0.4) is 0 Å². The predicted molar refractivity (Wildman–Crippen MR) is 122 cm³/mol. The van der Waals surface area contributed by atoms with E-state index < -0.39 is 11.7 Å². The minimum Gasteiger partial charge on any atom is -0.369 e. The summed E-state index contributed by atoms with van der Waals surface area (Å²) in [6, 6.07) is 3.81. The maximum Gasteiger partial charge on any atom is 0.419 e. The first kappa shape index (κ1) is 23.0. The molecule has 2 aliphatic heterocycles. The topological polar surface area (TPSA) is 99.8 Å². The van der Waals surface area contributed by atoms with Crippen molar-refractivity contribution in [2.45, 2.75) is 50.6 Å². The lowest BCUT2D eigenvalue weighted by molar-refractivity contribution is -0.137. The number of alkyl halides is 3. The van der Waals surface area contributed by atoms with Crippen molar-refractivity contribution < 1.29 is 17.9 Å². The van der Waals surface area contributed by atoms with E-state index in [1.807, 2.05) is 6.07 Å². The fraction of sp³-hybridized carbons (Fsp3) is 0.522. The molecule has 8 nitrogen and oxygen atoms in total. The Morgan fingerprint density at radius 1 is 1.21 bits per heavy atom. The van der Waals surface area contributed by atoms with Gasteiger partial charge in [-0.25, -0.2) is 15.0 Å². The first-order chi connectivity index (χ1) is 16.4. The zero-order valence-corrected chi connectivity index (χ0v) is 18.9. The molecular formula is C23H28F3N7O. The fourth-order valence-electron chi connectivity index (χ4n) is 4.70. The molecule has 3 aromatic heterocycles. The van der Waals surface area contributed by atoms with E-state index in [1.165, 1.54) is 6.20 Å². The summed E-state index contributed by atoms with van der Waals surface area (Å²) in [7, 11) is 0.